The Labute approximate surface area is 195 Å². The zero-order chi connectivity index (χ0) is 22.2. The summed E-state index contributed by atoms with van der Waals surface area (Å²) in [6, 6.07) is 5.69. The molecule has 31 heavy (non-hydrogen) atoms. The van der Waals surface area contributed by atoms with Crippen LogP contribution in [0.2, 0.25) is 0 Å². The molecule has 0 atom stereocenters. The van der Waals surface area contributed by atoms with Crippen molar-refractivity contribution in [2.45, 2.75) is 26.2 Å². The third kappa shape index (κ3) is 4.77. The topological polar surface area (TPSA) is 109 Å². The number of nitrogens with one attached hydrogen (secondary N) is 2. The number of halogens is 2. The number of pyridine rings is 1. The van der Waals surface area contributed by atoms with Gasteiger partial charge in [-0.25, -0.2) is 4.98 Å². The van der Waals surface area contributed by atoms with Crippen molar-refractivity contribution in [1.82, 2.24) is 30.3 Å². The fourth-order valence-corrected chi connectivity index (χ4v) is 3.36. The van der Waals surface area contributed by atoms with E-state index in [1.54, 1.807) is 23.5 Å². The Bertz CT molecular complexity index is 1210. The van der Waals surface area contributed by atoms with Gasteiger partial charge in [0.25, 0.3) is 0 Å². The number of hydrogen-bond donors (Lipinski definition) is 2. The van der Waals surface area contributed by atoms with Gasteiger partial charge in [0.05, 0.1) is 4.47 Å². The van der Waals surface area contributed by atoms with Gasteiger partial charge in [-0.1, -0.05) is 25.9 Å². The Morgan fingerprint density at radius 2 is 1.90 bits per heavy atom. The van der Waals surface area contributed by atoms with Crippen LogP contribution in [0.15, 0.2) is 50.3 Å². The quantitative estimate of drug-likeness (QED) is 0.333. The third-order valence-electron chi connectivity index (χ3n) is 4.49. The molecule has 0 aliphatic carbocycles. The molecule has 0 unspecified atom stereocenters. The third-order valence-corrected chi connectivity index (χ3v) is 5.51. The molecule has 4 rings (SSSR count). The molecule has 160 valence electrons. The number of H-pyrrole nitrogens is 1. The summed E-state index contributed by atoms with van der Waals surface area (Å²) >= 11 is 6.91. The van der Waals surface area contributed by atoms with Gasteiger partial charge in [0, 0.05) is 58.9 Å². The van der Waals surface area contributed by atoms with Gasteiger partial charge in [-0.3, -0.25) is 15.0 Å². The minimum absolute atomic E-state index is 0.0327. The van der Waals surface area contributed by atoms with E-state index < -0.39 is 0 Å². The van der Waals surface area contributed by atoms with Crippen LogP contribution in [0.4, 0.5) is 23.5 Å². The summed E-state index contributed by atoms with van der Waals surface area (Å²) in [5, 5.41) is 14.7. The van der Waals surface area contributed by atoms with Crippen molar-refractivity contribution in [2.75, 3.05) is 17.3 Å². The Morgan fingerprint density at radius 1 is 1.10 bits per heavy atom. The zero-order valence-electron chi connectivity index (χ0n) is 17.3. The van der Waals surface area contributed by atoms with E-state index in [0.29, 0.717) is 33.6 Å². The number of nitrogens with zero attached hydrogens (tertiary/aromatic N) is 6. The van der Waals surface area contributed by atoms with Crippen LogP contribution < -0.4 is 10.2 Å². The van der Waals surface area contributed by atoms with Gasteiger partial charge >= 0.3 is 0 Å². The molecule has 2 N–H and O–H groups in total. The summed E-state index contributed by atoms with van der Waals surface area (Å²) in [5.74, 6) is 2.19. The van der Waals surface area contributed by atoms with Crippen molar-refractivity contribution in [3.8, 4) is 11.3 Å². The van der Waals surface area contributed by atoms with Crippen LogP contribution in [0, 0.1) is 0 Å². The van der Waals surface area contributed by atoms with E-state index in [-0.39, 0.29) is 5.41 Å². The maximum absolute atomic E-state index is 5.51. The van der Waals surface area contributed by atoms with Crippen LogP contribution in [0.3, 0.4) is 0 Å². The lowest BCUT2D eigenvalue weighted by Crippen LogP contribution is -2.13. The molecule has 0 amide bonds. The van der Waals surface area contributed by atoms with Crippen LogP contribution in [-0.2, 0) is 5.41 Å². The number of aromatic nitrogens is 6. The second-order valence-corrected chi connectivity index (χ2v) is 9.68. The van der Waals surface area contributed by atoms with Crippen LogP contribution in [-0.4, -0.2) is 37.4 Å². The summed E-state index contributed by atoms with van der Waals surface area (Å²) in [4.78, 5) is 14.9. The average Bonchev–Trinajstić information content (AvgIpc) is 3.39. The number of rotatable bonds is 5. The highest BCUT2D eigenvalue weighted by atomic mass is 79.9. The van der Waals surface area contributed by atoms with Crippen molar-refractivity contribution < 1.29 is 4.52 Å². The summed E-state index contributed by atoms with van der Waals surface area (Å²) in [6.45, 7) is 6.36. The molecule has 4 aromatic heterocycles. The maximum atomic E-state index is 5.51. The molecule has 0 aliphatic rings. The lowest BCUT2D eigenvalue weighted by Gasteiger charge is -2.15. The predicted octanol–water partition coefficient (Wildman–Crippen LogP) is 5.58. The maximum Gasteiger partial charge on any atom is 0.234 e. The van der Waals surface area contributed by atoms with Gasteiger partial charge in [-0.15, -0.1) is 0 Å². The fourth-order valence-electron chi connectivity index (χ4n) is 2.71. The molecular formula is C20H20Br2N8O. The Hall–Kier alpha value is -2.79. The molecule has 9 nitrogen and oxygen atoms in total. The highest BCUT2D eigenvalue weighted by Gasteiger charge is 2.19. The zero-order valence-corrected chi connectivity index (χ0v) is 20.5. The first-order chi connectivity index (χ1) is 14.7. The first kappa shape index (κ1) is 21.4. The normalized spacial score (nSPS) is 11.5. The summed E-state index contributed by atoms with van der Waals surface area (Å²) in [5.41, 5.74) is 2.49. The van der Waals surface area contributed by atoms with Crippen LogP contribution in [0.5, 0.6) is 0 Å². The minimum atomic E-state index is -0.0327. The second kappa shape index (κ2) is 8.39. The average molecular weight is 548 g/mol. The largest absolute Gasteiger partial charge is 0.338 e. The van der Waals surface area contributed by atoms with E-state index in [2.05, 4.69) is 88.3 Å². The molecule has 4 heterocycles. The highest BCUT2D eigenvalue weighted by Crippen LogP contribution is 2.31. The molecule has 0 fully saturated rings. The van der Waals surface area contributed by atoms with Crippen LogP contribution >= 0.6 is 31.9 Å². The van der Waals surface area contributed by atoms with Gasteiger partial charge in [-0.05, 0) is 37.9 Å². The molecule has 4 aromatic rings. The van der Waals surface area contributed by atoms with Gasteiger partial charge in [0.1, 0.15) is 5.69 Å². The van der Waals surface area contributed by atoms with Gasteiger partial charge in [0.15, 0.2) is 11.6 Å². The second-order valence-electron chi connectivity index (χ2n) is 7.91. The smallest absolute Gasteiger partial charge is 0.234 e. The van der Waals surface area contributed by atoms with Gasteiger partial charge in [-0.2, -0.15) is 10.1 Å². The molecular weight excluding hydrogens is 528 g/mol. The van der Waals surface area contributed by atoms with Crippen molar-refractivity contribution in [3.63, 3.8) is 0 Å². The SMILES string of the molecule is CN(c1ncc(Br)c(Nc2cc(C(C)(C)C)[nH]n2)n1)c1cc(-c2cncc(Br)c2)no1. The Balaban J connectivity index is 1.57. The molecule has 0 saturated carbocycles. The molecule has 11 heteroatoms. The summed E-state index contributed by atoms with van der Waals surface area (Å²) in [7, 11) is 1.81. The monoisotopic (exact) mass is 546 g/mol. The standard InChI is InChI=1S/C20H20Br2N8O/c1-20(2,3)15-7-16(28-27-15)25-18-13(22)10-24-19(26-18)30(4)17-6-14(29-31-17)11-5-12(21)9-23-8-11/h5-10H,1-4H3,(H2,24,25,26,27,28). The van der Waals surface area contributed by atoms with E-state index in [1.807, 2.05) is 25.2 Å². The van der Waals surface area contributed by atoms with Gasteiger partial charge < -0.3 is 9.84 Å². The molecule has 0 aliphatic heterocycles. The van der Waals surface area contributed by atoms with E-state index in [9.17, 15) is 0 Å². The number of hydrogen-bond acceptors (Lipinski definition) is 8. The molecule has 0 aromatic carbocycles. The van der Waals surface area contributed by atoms with E-state index in [0.717, 1.165) is 15.7 Å². The van der Waals surface area contributed by atoms with E-state index >= 15 is 0 Å². The fraction of sp³-hybridized carbons (Fsp3) is 0.250. The molecule has 0 radical (unpaired) electrons. The first-order valence-corrected chi connectivity index (χ1v) is 11.0. The minimum Gasteiger partial charge on any atom is -0.338 e. The first-order valence-electron chi connectivity index (χ1n) is 9.37. The number of anilines is 4. The highest BCUT2D eigenvalue weighted by molar-refractivity contribution is 9.10. The van der Waals surface area contributed by atoms with Gasteiger partial charge in [0.2, 0.25) is 11.8 Å². The molecule has 0 bridgehead atoms. The lowest BCUT2D eigenvalue weighted by atomic mass is 9.92. The van der Waals surface area contributed by atoms with Crippen molar-refractivity contribution in [2.24, 2.45) is 0 Å². The summed E-state index contributed by atoms with van der Waals surface area (Å²) in [6.07, 6.45) is 5.11. The van der Waals surface area contributed by atoms with E-state index in [1.165, 1.54) is 0 Å². The van der Waals surface area contributed by atoms with Crippen LogP contribution in [0.1, 0.15) is 26.5 Å². The van der Waals surface area contributed by atoms with Crippen molar-refractivity contribution in [3.05, 3.63) is 51.4 Å². The van der Waals surface area contributed by atoms with Crippen molar-refractivity contribution >= 4 is 55.3 Å². The molecule has 0 saturated heterocycles. The number of aromatic amines is 1. The summed E-state index contributed by atoms with van der Waals surface area (Å²) < 4.78 is 7.08. The Kier molecular flexibility index (Phi) is 5.80. The van der Waals surface area contributed by atoms with E-state index in [4.69, 9.17) is 4.52 Å². The lowest BCUT2D eigenvalue weighted by molar-refractivity contribution is 0.428. The van der Waals surface area contributed by atoms with Crippen molar-refractivity contribution in [1.29, 1.82) is 0 Å². The van der Waals surface area contributed by atoms with Crippen LogP contribution in [0.25, 0.3) is 11.3 Å². The Morgan fingerprint density at radius 3 is 2.61 bits per heavy atom. The molecule has 0 spiro atoms. The predicted molar refractivity (Wildman–Crippen MR) is 126 cm³/mol.